The van der Waals surface area contributed by atoms with Gasteiger partial charge in [-0.25, -0.2) is 15.4 Å². The predicted octanol–water partition coefficient (Wildman–Crippen LogP) is -0.290. The van der Waals surface area contributed by atoms with Crippen molar-refractivity contribution >= 4 is 5.84 Å². The fourth-order valence-corrected chi connectivity index (χ4v) is 1.19. The van der Waals surface area contributed by atoms with Crippen molar-refractivity contribution in [3.8, 4) is 0 Å². The van der Waals surface area contributed by atoms with E-state index in [1.807, 2.05) is 0 Å². The highest BCUT2D eigenvalue weighted by atomic mass is 19.1. The SMILES string of the molecule is CN(N)/N=C(\N)c1cc(F)ccc1CN. The zero-order valence-corrected chi connectivity index (χ0v) is 8.44. The third-order valence-electron chi connectivity index (χ3n) is 1.83. The van der Waals surface area contributed by atoms with Crippen molar-refractivity contribution in [3.05, 3.63) is 35.1 Å². The summed E-state index contributed by atoms with van der Waals surface area (Å²) < 4.78 is 13.0. The van der Waals surface area contributed by atoms with Gasteiger partial charge in [-0.1, -0.05) is 6.07 Å². The lowest BCUT2D eigenvalue weighted by Gasteiger charge is -2.10. The monoisotopic (exact) mass is 211 g/mol. The van der Waals surface area contributed by atoms with Crippen molar-refractivity contribution in [1.82, 2.24) is 5.12 Å². The first-order chi connectivity index (χ1) is 7.04. The third-order valence-corrected chi connectivity index (χ3v) is 1.83. The Morgan fingerprint density at radius 3 is 2.73 bits per heavy atom. The van der Waals surface area contributed by atoms with Crippen molar-refractivity contribution < 1.29 is 4.39 Å². The molecular weight excluding hydrogens is 197 g/mol. The summed E-state index contributed by atoms with van der Waals surface area (Å²) in [7, 11) is 1.52. The van der Waals surface area contributed by atoms with Crippen LogP contribution in [0, 0.1) is 5.82 Å². The van der Waals surface area contributed by atoms with Crippen molar-refractivity contribution in [2.24, 2.45) is 22.4 Å². The van der Waals surface area contributed by atoms with Crippen LogP contribution in [0.3, 0.4) is 0 Å². The van der Waals surface area contributed by atoms with E-state index in [4.69, 9.17) is 17.3 Å². The molecule has 1 aromatic carbocycles. The van der Waals surface area contributed by atoms with Crippen LogP contribution in [0.1, 0.15) is 11.1 Å². The summed E-state index contributed by atoms with van der Waals surface area (Å²) in [5.74, 6) is 5.05. The lowest BCUT2D eigenvalue weighted by molar-refractivity contribution is 0.371. The maximum Gasteiger partial charge on any atom is 0.152 e. The van der Waals surface area contributed by atoms with E-state index in [1.54, 1.807) is 6.07 Å². The molecule has 1 aromatic rings. The Labute approximate surface area is 87.3 Å². The number of halogens is 1. The lowest BCUT2D eigenvalue weighted by atomic mass is 10.1. The topological polar surface area (TPSA) is 93.7 Å². The predicted molar refractivity (Wildman–Crippen MR) is 57.0 cm³/mol. The zero-order chi connectivity index (χ0) is 11.4. The van der Waals surface area contributed by atoms with Crippen molar-refractivity contribution in [3.63, 3.8) is 0 Å². The molecule has 0 saturated carbocycles. The number of amidine groups is 1. The Morgan fingerprint density at radius 2 is 2.20 bits per heavy atom. The van der Waals surface area contributed by atoms with Gasteiger partial charge in [0.15, 0.2) is 5.84 Å². The lowest BCUT2D eigenvalue weighted by Crippen LogP contribution is -2.26. The molecule has 0 aromatic heterocycles. The van der Waals surface area contributed by atoms with E-state index in [0.29, 0.717) is 5.56 Å². The van der Waals surface area contributed by atoms with Crippen LogP contribution >= 0.6 is 0 Å². The number of nitrogens with zero attached hydrogens (tertiary/aromatic N) is 2. The number of nitrogens with two attached hydrogens (primary N) is 3. The molecule has 0 aliphatic rings. The number of hydrazone groups is 1. The quantitative estimate of drug-likeness (QED) is 0.277. The zero-order valence-electron chi connectivity index (χ0n) is 8.44. The van der Waals surface area contributed by atoms with E-state index >= 15 is 0 Å². The van der Waals surface area contributed by atoms with Crippen LogP contribution in [0.25, 0.3) is 0 Å². The molecule has 5 nitrogen and oxygen atoms in total. The van der Waals surface area contributed by atoms with E-state index in [1.165, 1.54) is 19.2 Å². The molecule has 6 N–H and O–H groups in total. The molecule has 0 unspecified atom stereocenters. The first-order valence-corrected chi connectivity index (χ1v) is 4.36. The second kappa shape index (κ2) is 4.72. The van der Waals surface area contributed by atoms with Gasteiger partial charge in [-0.2, -0.15) is 0 Å². The molecule has 82 valence electrons. The standard InChI is InChI=1S/C9H14FN5/c1-15(13)14-9(12)8-4-7(10)3-2-6(8)5-11/h2-4H,5,11,13H2,1H3,(H2,12,14). The molecule has 0 radical (unpaired) electrons. The number of benzene rings is 1. The smallest absolute Gasteiger partial charge is 0.152 e. The highest BCUT2D eigenvalue weighted by Crippen LogP contribution is 2.10. The fraction of sp³-hybridized carbons (Fsp3) is 0.222. The van der Waals surface area contributed by atoms with Crippen molar-refractivity contribution in [2.75, 3.05) is 7.05 Å². The van der Waals surface area contributed by atoms with Crippen LogP contribution in [0.5, 0.6) is 0 Å². The normalized spacial score (nSPS) is 11.6. The number of hydrogen-bond donors (Lipinski definition) is 3. The van der Waals surface area contributed by atoms with Crippen LogP contribution in [0.2, 0.25) is 0 Å². The minimum atomic E-state index is -0.389. The minimum Gasteiger partial charge on any atom is -0.382 e. The first kappa shape index (κ1) is 11.4. The molecule has 0 amide bonds. The Kier molecular flexibility index (Phi) is 3.59. The third kappa shape index (κ3) is 2.90. The number of rotatable bonds is 3. The van der Waals surface area contributed by atoms with Gasteiger partial charge in [0.25, 0.3) is 0 Å². The van der Waals surface area contributed by atoms with Gasteiger partial charge >= 0.3 is 0 Å². The molecule has 0 saturated heterocycles. The largest absolute Gasteiger partial charge is 0.382 e. The van der Waals surface area contributed by atoms with E-state index in [0.717, 1.165) is 10.7 Å². The Morgan fingerprint density at radius 1 is 1.53 bits per heavy atom. The van der Waals surface area contributed by atoms with Crippen LogP contribution in [0.4, 0.5) is 4.39 Å². The van der Waals surface area contributed by atoms with Crippen LogP contribution < -0.4 is 17.3 Å². The minimum absolute atomic E-state index is 0.139. The van der Waals surface area contributed by atoms with Gasteiger partial charge in [0.05, 0.1) is 0 Å². The average Bonchev–Trinajstić information content (AvgIpc) is 2.16. The van der Waals surface area contributed by atoms with E-state index < -0.39 is 0 Å². The van der Waals surface area contributed by atoms with E-state index in [2.05, 4.69) is 5.10 Å². The van der Waals surface area contributed by atoms with Crippen molar-refractivity contribution in [2.45, 2.75) is 6.54 Å². The molecule has 0 heterocycles. The van der Waals surface area contributed by atoms with Crippen LogP contribution in [-0.2, 0) is 6.54 Å². The molecular formula is C9H14FN5. The fourth-order valence-electron chi connectivity index (χ4n) is 1.19. The number of hydrogen-bond acceptors (Lipinski definition) is 4. The van der Waals surface area contributed by atoms with Crippen LogP contribution in [-0.4, -0.2) is 18.0 Å². The molecule has 0 fully saturated rings. The maximum atomic E-state index is 13.0. The Balaban J connectivity index is 3.16. The summed E-state index contributed by atoms with van der Waals surface area (Å²) in [6.45, 7) is 0.264. The van der Waals surface area contributed by atoms with E-state index in [9.17, 15) is 4.39 Å². The second-order valence-corrected chi connectivity index (χ2v) is 3.06. The maximum absolute atomic E-state index is 13.0. The average molecular weight is 211 g/mol. The summed E-state index contributed by atoms with van der Waals surface area (Å²) in [4.78, 5) is 0. The highest BCUT2D eigenvalue weighted by Gasteiger charge is 2.07. The van der Waals surface area contributed by atoms with Gasteiger partial charge in [0.2, 0.25) is 0 Å². The first-order valence-electron chi connectivity index (χ1n) is 4.36. The Hall–Kier alpha value is -1.66. The molecule has 0 spiro atoms. The van der Waals surface area contributed by atoms with E-state index in [-0.39, 0.29) is 18.2 Å². The molecule has 6 heteroatoms. The van der Waals surface area contributed by atoms with Gasteiger partial charge in [0, 0.05) is 19.2 Å². The van der Waals surface area contributed by atoms with Gasteiger partial charge in [0.1, 0.15) is 5.82 Å². The summed E-state index contributed by atoms with van der Waals surface area (Å²) in [6, 6.07) is 4.18. The van der Waals surface area contributed by atoms with Gasteiger partial charge in [-0.15, -0.1) is 5.10 Å². The molecule has 0 atom stereocenters. The summed E-state index contributed by atoms with van der Waals surface area (Å²) in [5, 5.41) is 4.84. The van der Waals surface area contributed by atoms with Crippen LogP contribution in [0.15, 0.2) is 23.3 Å². The molecule has 1 rings (SSSR count). The summed E-state index contributed by atoms with van der Waals surface area (Å²) in [6.07, 6.45) is 0. The van der Waals surface area contributed by atoms with Gasteiger partial charge < -0.3 is 11.5 Å². The molecule has 0 aliphatic carbocycles. The second-order valence-electron chi connectivity index (χ2n) is 3.06. The molecule has 0 aliphatic heterocycles. The number of hydrazine groups is 1. The summed E-state index contributed by atoms with van der Waals surface area (Å²) >= 11 is 0. The van der Waals surface area contributed by atoms with Gasteiger partial charge in [-0.3, -0.25) is 0 Å². The van der Waals surface area contributed by atoms with Gasteiger partial charge in [-0.05, 0) is 17.7 Å². The summed E-state index contributed by atoms with van der Waals surface area (Å²) in [5.41, 5.74) is 12.3. The Bertz CT molecular complexity index is 375. The molecule has 0 bridgehead atoms. The van der Waals surface area contributed by atoms with Crippen molar-refractivity contribution in [1.29, 1.82) is 0 Å². The highest BCUT2D eigenvalue weighted by molar-refractivity contribution is 5.98. The molecule has 15 heavy (non-hydrogen) atoms.